The molecule has 4 rings (SSSR count). The molecule has 0 aromatic heterocycles. The Morgan fingerprint density at radius 1 is 1.09 bits per heavy atom. The summed E-state index contributed by atoms with van der Waals surface area (Å²) in [6.07, 6.45) is -5.40. The summed E-state index contributed by atoms with van der Waals surface area (Å²) in [4.78, 5) is 39.6. The van der Waals surface area contributed by atoms with Crippen LogP contribution < -0.4 is 5.73 Å². The van der Waals surface area contributed by atoms with E-state index in [0.29, 0.717) is 0 Å². The van der Waals surface area contributed by atoms with Crippen LogP contribution in [0.1, 0.15) is 56.5 Å². The van der Waals surface area contributed by atoms with Crippen LogP contribution in [-0.2, 0) is 9.59 Å². The molecule has 0 bridgehead atoms. The van der Waals surface area contributed by atoms with Gasteiger partial charge in [-0.05, 0) is 29.4 Å². The van der Waals surface area contributed by atoms with Crippen molar-refractivity contribution >= 4 is 17.5 Å². The van der Waals surface area contributed by atoms with E-state index in [0.717, 1.165) is 6.07 Å². The molecular weight excluding hydrogens is 458 g/mol. The summed E-state index contributed by atoms with van der Waals surface area (Å²) in [5.41, 5.74) is -0.749. The number of nitrogens with two attached hydrogens (primary N) is 1. The molecule has 2 unspecified atom stereocenters. The number of aliphatic hydroxyl groups is 4. The van der Waals surface area contributed by atoms with E-state index in [1.165, 1.54) is 19.9 Å². The molecule has 3 aliphatic carbocycles. The van der Waals surface area contributed by atoms with Crippen LogP contribution in [-0.4, -0.2) is 72.0 Å². The van der Waals surface area contributed by atoms with Crippen LogP contribution in [0.25, 0.3) is 0 Å². The average molecular weight is 492 g/mol. The van der Waals surface area contributed by atoms with Crippen molar-refractivity contribution < 1.29 is 45.0 Å². The standard InChI is InChI=1S/C25H33NO9/c1-8(2)15-18(30)14(21(26)33)19(31)25(35)20(32)16-17(29)13-11(6-10(27)7-12(13)28)9(3)23(16,4)22(34)24(15,25)5/h6-9,14-16,18,20,22,27-28,30,32,34-35H,1-5H3,(H2,26,33)/t9-,14-,15+,16-,18?,20?,22-,23+,24+,25+/m1/s1. The number of rotatable bonds is 2. The third kappa shape index (κ3) is 2.71. The minimum absolute atomic E-state index is 0.189. The summed E-state index contributed by atoms with van der Waals surface area (Å²) in [7, 11) is 0. The van der Waals surface area contributed by atoms with E-state index in [1.807, 2.05) is 0 Å². The van der Waals surface area contributed by atoms with Crippen molar-refractivity contribution in [1.29, 1.82) is 0 Å². The minimum atomic E-state index is -2.82. The number of amides is 1. The molecule has 10 nitrogen and oxygen atoms in total. The predicted octanol–water partition coefficient (Wildman–Crippen LogP) is -0.190. The number of aliphatic hydroxyl groups excluding tert-OH is 3. The number of aromatic hydroxyl groups is 2. The molecule has 0 aliphatic heterocycles. The Labute approximate surface area is 202 Å². The van der Waals surface area contributed by atoms with Crippen LogP contribution in [0.5, 0.6) is 11.5 Å². The van der Waals surface area contributed by atoms with Gasteiger partial charge in [0.15, 0.2) is 17.2 Å². The normalized spacial score (nSPS) is 45.0. The van der Waals surface area contributed by atoms with E-state index in [-0.39, 0.29) is 16.9 Å². The van der Waals surface area contributed by atoms with Gasteiger partial charge in [-0.3, -0.25) is 14.4 Å². The maximum Gasteiger partial charge on any atom is 0.230 e. The van der Waals surface area contributed by atoms with E-state index >= 15 is 0 Å². The zero-order valence-corrected chi connectivity index (χ0v) is 20.3. The number of phenolic OH excluding ortho intramolecular Hbond substituents is 2. The van der Waals surface area contributed by atoms with Gasteiger partial charge in [0.1, 0.15) is 23.5 Å². The lowest BCUT2D eigenvalue weighted by molar-refractivity contribution is -0.306. The maximum atomic E-state index is 13.7. The zero-order valence-electron chi connectivity index (χ0n) is 20.3. The Morgan fingerprint density at radius 2 is 1.66 bits per heavy atom. The molecule has 2 fully saturated rings. The summed E-state index contributed by atoms with van der Waals surface area (Å²) in [5, 5.41) is 67.3. The fourth-order valence-electron chi connectivity index (χ4n) is 7.78. The Balaban J connectivity index is 2.06. The lowest BCUT2D eigenvalue weighted by Crippen LogP contribution is -2.83. The number of carbonyl (C=O) groups is 3. The minimum Gasteiger partial charge on any atom is -0.508 e. The van der Waals surface area contributed by atoms with Crippen LogP contribution in [0.2, 0.25) is 0 Å². The van der Waals surface area contributed by atoms with E-state index in [1.54, 1.807) is 20.8 Å². The van der Waals surface area contributed by atoms with E-state index in [9.17, 15) is 45.0 Å². The highest BCUT2D eigenvalue weighted by atomic mass is 16.4. The van der Waals surface area contributed by atoms with Crippen molar-refractivity contribution in [2.45, 2.75) is 64.4 Å². The molecule has 0 saturated heterocycles. The molecule has 0 spiro atoms. The highest BCUT2D eigenvalue weighted by molar-refractivity contribution is 6.09. The number of ketones is 2. The van der Waals surface area contributed by atoms with Crippen molar-refractivity contribution in [1.82, 2.24) is 0 Å². The lowest BCUT2D eigenvalue weighted by atomic mass is 9.36. The summed E-state index contributed by atoms with van der Waals surface area (Å²) < 4.78 is 0. The van der Waals surface area contributed by atoms with Gasteiger partial charge in [0, 0.05) is 16.9 Å². The predicted molar refractivity (Wildman–Crippen MR) is 121 cm³/mol. The number of hydrogen-bond acceptors (Lipinski definition) is 9. The highest BCUT2D eigenvalue weighted by Crippen LogP contribution is 2.68. The highest BCUT2D eigenvalue weighted by Gasteiger charge is 2.80. The molecule has 10 atom stereocenters. The van der Waals surface area contributed by atoms with E-state index in [2.05, 4.69) is 0 Å². The topological polar surface area (TPSA) is 199 Å². The number of fused-ring (bicyclic) bond motifs is 3. The monoisotopic (exact) mass is 491 g/mol. The summed E-state index contributed by atoms with van der Waals surface area (Å²) in [6, 6.07) is 2.27. The summed E-state index contributed by atoms with van der Waals surface area (Å²) in [5.74, 6) is -9.86. The van der Waals surface area contributed by atoms with Crippen LogP contribution in [0.3, 0.4) is 0 Å². The third-order valence-corrected chi connectivity index (χ3v) is 9.54. The maximum absolute atomic E-state index is 13.7. The second-order valence-corrected chi connectivity index (χ2v) is 11.3. The van der Waals surface area contributed by atoms with E-state index < -0.39 is 87.6 Å². The second kappa shape index (κ2) is 7.49. The zero-order chi connectivity index (χ0) is 26.6. The average Bonchev–Trinajstić information content (AvgIpc) is 2.73. The van der Waals surface area contributed by atoms with Crippen molar-refractivity contribution in [2.24, 2.45) is 40.2 Å². The number of hydrogen-bond donors (Lipinski definition) is 7. The third-order valence-electron chi connectivity index (χ3n) is 9.54. The van der Waals surface area contributed by atoms with Gasteiger partial charge in [-0.1, -0.05) is 34.6 Å². The van der Waals surface area contributed by atoms with Crippen molar-refractivity contribution in [3.63, 3.8) is 0 Å². The van der Waals surface area contributed by atoms with Gasteiger partial charge < -0.3 is 36.4 Å². The fourth-order valence-corrected chi connectivity index (χ4v) is 7.78. The number of Topliss-reactive ketones (excluding diaryl/α,β-unsaturated/α-hetero) is 2. The Hall–Kier alpha value is -2.53. The van der Waals surface area contributed by atoms with Crippen LogP contribution in [0, 0.1) is 34.5 Å². The molecule has 35 heavy (non-hydrogen) atoms. The first-order chi connectivity index (χ1) is 16.0. The molecule has 8 N–H and O–H groups in total. The van der Waals surface area contributed by atoms with Gasteiger partial charge in [0.25, 0.3) is 0 Å². The Bertz CT molecular complexity index is 1130. The number of phenols is 2. The SMILES string of the molecule is CC(C)[C@H]1C(O)[C@@H](C(N)=O)C(=O)[C@]2(O)C(O)[C@H]3C(=O)c4c(O)cc(O)cc4[C@@H](C)[C@]3(C)[C@@H](O)[C@]12C. The van der Waals surface area contributed by atoms with E-state index in [4.69, 9.17) is 5.73 Å². The van der Waals surface area contributed by atoms with Gasteiger partial charge in [-0.25, -0.2) is 0 Å². The molecule has 0 radical (unpaired) electrons. The van der Waals surface area contributed by atoms with Gasteiger partial charge in [0.05, 0.1) is 23.7 Å². The second-order valence-electron chi connectivity index (χ2n) is 11.3. The fraction of sp³-hybridized carbons (Fsp3) is 0.640. The lowest BCUT2D eigenvalue weighted by Gasteiger charge is -2.69. The molecule has 2 saturated carbocycles. The van der Waals surface area contributed by atoms with Crippen molar-refractivity contribution in [2.75, 3.05) is 0 Å². The quantitative estimate of drug-likeness (QED) is 0.274. The number of primary amides is 1. The van der Waals surface area contributed by atoms with Gasteiger partial charge in [-0.15, -0.1) is 0 Å². The number of benzene rings is 1. The van der Waals surface area contributed by atoms with Crippen molar-refractivity contribution in [3.8, 4) is 11.5 Å². The molecule has 3 aliphatic rings. The first kappa shape index (κ1) is 25.6. The smallest absolute Gasteiger partial charge is 0.230 e. The van der Waals surface area contributed by atoms with Gasteiger partial charge in [0.2, 0.25) is 5.91 Å². The van der Waals surface area contributed by atoms with Crippen LogP contribution >= 0.6 is 0 Å². The van der Waals surface area contributed by atoms with Crippen LogP contribution in [0.15, 0.2) is 12.1 Å². The molecule has 1 aromatic rings. The molecule has 0 heterocycles. The molecular formula is C25H33NO9. The molecule has 192 valence electrons. The molecule has 1 aromatic carbocycles. The van der Waals surface area contributed by atoms with Crippen molar-refractivity contribution in [3.05, 3.63) is 23.3 Å². The molecule has 1 amide bonds. The van der Waals surface area contributed by atoms with Crippen LogP contribution in [0.4, 0.5) is 0 Å². The van der Waals surface area contributed by atoms with Gasteiger partial charge in [-0.2, -0.15) is 0 Å². The molecule has 10 heteroatoms. The largest absolute Gasteiger partial charge is 0.508 e. The Kier molecular flexibility index (Phi) is 5.47. The first-order valence-corrected chi connectivity index (χ1v) is 11.7. The van der Waals surface area contributed by atoms with Gasteiger partial charge >= 0.3 is 0 Å². The summed E-state index contributed by atoms with van der Waals surface area (Å²) >= 11 is 0. The number of carbonyl (C=O) groups excluding carboxylic acids is 3. The summed E-state index contributed by atoms with van der Waals surface area (Å²) in [6.45, 7) is 7.93. The Morgan fingerprint density at radius 3 is 2.17 bits per heavy atom. The first-order valence-electron chi connectivity index (χ1n) is 11.7.